The van der Waals surface area contributed by atoms with Crippen molar-refractivity contribution in [2.24, 2.45) is 7.05 Å². The molecule has 0 aliphatic carbocycles. The van der Waals surface area contributed by atoms with Crippen LogP contribution in [0.4, 0.5) is 25.3 Å². The lowest BCUT2D eigenvalue weighted by Gasteiger charge is -2.24. The number of nitrogens with two attached hydrogens (primary N) is 1. The number of aryl methyl sites for hydroxylation is 1. The molecule has 12 heteroatoms. The van der Waals surface area contributed by atoms with Crippen LogP contribution in [0.1, 0.15) is 29.8 Å². The van der Waals surface area contributed by atoms with Gasteiger partial charge in [0.2, 0.25) is 0 Å². The van der Waals surface area contributed by atoms with Crippen molar-refractivity contribution < 1.29 is 18.7 Å². The summed E-state index contributed by atoms with van der Waals surface area (Å²) < 4.78 is 30.0. The number of benzene rings is 1. The first-order valence-corrected chi connectivity index (χ1v) is 11.8. The highest BCUT2D eigenvalue weighted by molar-refractivity contribution is 7.19. The van der Waals surface area contributed by atoms with Crippen LogP contribution < -0.4 is 21.3 Å². The minimum absolute atomic E-state index is 0.00130. The molecule has 5 N–H and O–H groups in total. The van der Waals surface area contributed by atoms with E-state index in [2.05, 4.69) is 25.6 Å². The van der Waals surface area contributed by atoms with Crippen molar-refractivity contribution in [1.29, 1.82) is 0 Å². The third-order valence-corrected chi connectivity index (χ3v) is 6.68. The molecular weight excluding hydrogens is 464 g/mol. The Balaban J connectivity index is 1.53. The Morgan fingerprint density at radius 2 is 2.06 bits per heavy atom. The number of carbonyl (C=O) groups is 1. The van der Waals surface area contributed by atoms with Gasteiger partial charge in [0.05, 0.1) is 18.4 Å². The zero-order chi connectivity index (χ0) is 24.2. The van der Waals surface area contributed by atoms with E-state index in [9.17, 15) is 13.6 Å². The van der Waals surface area contributed by atoms with E-state index in [0.29, 0.717) is 18.3 Å². The summed E-state index contributed by atoms with van der Waals surface area (Å²) in [5.41, 5.74) is 6.08. The topological polar surface area (TPSA) is 121 Å². The summed E-state index contributed by atoms with van der Waals surface area (Å²) in [6, 6.07) is 3.83. The van der Waals surface area contributed by atoms with Gasteiger partial charge in [0.1, 0.15) is 27.3 Å². The van der Waals surface area contributed by atoms with Crippen molar-refractivity contribution in [2.75, 3.05) is 42.2 Å². The molecule has 0 bridgehead atoms. The molecule has 1 saturated heterocycles. The van der Waals surface area contributed by atoms with Crippen LogP contribution in [0.2, 0.25) is 0 Å². The second-order valence-corrected chi connectivity index (χ2v) is 9.11. The highest BCUT2D eigenvalue weighted by Crippen LogP contribution is 2.34. The van der Waals surface area contributed by atoms with Crippen molar-refractivity contribution in [1.82, 2.24) is 20.1 Å². The Morgan fingerprint density at radius 3 is 2.79 bits per heavy atom. The molecular formula is C22H27F2N7O2S. The van der Waals surface area contributed by atoms with Crippen LogP contribution in [0.3, 0.4) is 0 Å². The molecule has 1 atom stereocenters. The molecule has 0 spiro atoms. The zero-order valence-electron chi connectivity index (χ0n) is 18.7. The highest BCUT2D eigenvalue weighted by atomic mass is 32.1. The van der Waals surface area contributed by atoms with Crippen molar-refractivity contribution in [3.05, 3.63) is 41.7 Å². The second-order valence-electron chi connectivity index (χ2n) is 8.08. The average Bonchev–Trinajstić information content (AvgIpc) is 3.26. The van der Waals surface area contributed by atoms with Gasteiger partial charge in [0.25, 0.3) is 5.91 Å². The van der Waals surface area contributed by atoms with Crippen LogP contribution in [0, 0.1) is 11.6 Å². The van der Waals surface area contributed by atoms with E-state index in [1.807, 2.05) is 0 Å². The summed E-state index contributed by atoms with van der Waals surface area (Å²) >= 11 is 0.851. The SMILES string of the molecule is Cn1ncc(NC(=O)c2nc(-c3c(F)cccc3F)sc2N)c1N1CCCC(NCCO)CC1. The number of anilines is 3. The number of hydrogen-bond donors (Lipinski definition) is 4. The van der Waals surface area contributed by atoms with Crippen molar-refractivity contribution >= 4 is 33.8 Å². The van der Waals surface area contributed by atoms with Gasteiger partial charge in [-0.25, -0.2) is 13.8 Å². The third-order valence-electron chi connectivity index (χ3n) is 5.77. The number of nitrogen functional groups attached to an aromatic ring is 1. The second kappa shape index (κ2) is 10.5. The number of nitrogens with zero attached hydrogens (tertiary/aromatic N) is 4. The fourth-order valence-corrected chi connectivity index (χ4v) is 5.04. The number of hydrogen-bond acceptors (Lipinski definition) is 8. The van der Waals surface area contributed by atoms with Gasteiger partial charge >= 0.3 is 0 Å². The van der Waals surface area contributed by atoms with Crippen LogP contribution >= 0.6 is 11.3 Å². The summed E-state index contributed by atoms with van der Waals surface area (Å²) in [7, 11) is 1.80. The van der Waals surface area contributed by atoms with Crippen molar-refractivity contribution in [2.45, 2.75) is 25.3 Å². The van der Waals surface area contributed by atoms with Gasteiger partial charge in [0, 0.05) is 32.7 Å². The largest absolute Gasteiger partial charge is 0.395 e. The summed E-state index contributed by atoms with van der Waals surface area (Å²) in [4.78, 5) is 19.3. The van der Waals surface area contributed by atoms with Gasteiger partial charge in [0.15, 0.2) is 11.5 Å². The van der Waals surface area contributed by atoms with Gasteiger partial charge in [-0.1, -0.05) is 17.4 Å². The fourth-order valence-electron chi connectivity index (χ4n) is 4.16. The summed E-state index contributed by atoms with van der Waals surface area (Å²) in [6.45, 7) is 2.20. The standard InChI is InChI=1S/C22H27F2N7O2S/c1-30-22(31-9-3-4-13(7-10-31)26-8-11-32)16(12-27-30)28-20(33)18-19(25)34-21(29-18)17-14(23)5-2-6-15(17)24/h2,5-6,12-13,26,32H,3-4,7-11,25H2,1H3,(H,28,33). The minimum Gasteiger partial charge on any atom is -0.395 e. The number of halogens is 2. The smallest absolute Gasteiger partial charge is 0.277 e. The van der Waals surface area contributed by atoms with Crippen LogP contribution in [-0.4, -0.2) is 58.1 Å². The molecule has 1 aromatic carbocycles. The van der Waals surface area contributed by atoms with Crippen LogP contribution in [0.15, 0.2) is 24.4 Å². The quantitative estimate of drug-likeness (QED) is 0.401. The Morgan fingerprint density at radius 1 is 1.29 bits per heavy atom. The molecule has 0 saturated carbocycles. The molecule has 182 valence electrons. The molecule has 2 aromatic heterocycles. The number of aliphatic hydroxyl groups excluding tert-OH is 1. The van der Waals surface area contributed by atoms with Crippen molar-refractivity contribution in [3.8, 4) is 10.6 Å². The van der Waals surface area contributed by atoms with E-state index in [1.54, 1.807) is 17.9 Å². The maximum Gasteiger partial charge on any atom is 0.277 e. The van der Waals surface area contributed by atoms with E-state index in [1.165, 1.54) is 6.07 Å². The van der Waals surface area contributed by atoms with Gasteiger partial charge in [-0.2, -0.15) is 5.10 Å². The molecule has 3 heterocycles. The Labute approximate surface area is 199 Å². The number of amides is 1. The van der Waals surface area contributed by atoms with Gasteiger partial charge < -0.3 is 26.4 Å². The molecule has 1 amide bonds. The molecule has 9 nitrogen and oxygen atoms in total. The van der Waals surface area contributed by atoms with Crippen LogP contribution in [-0.2, 0) is 7.05 Å². The lowest BCUT2D eigenvalue weighted by molar-refractivity contribution is 0.102. The van der Waals surface area contributed by atoms with Gasteiger partial charge in [-0.15, -0.1) is 0 Å². The Hall–Kier alpha value is -3.09. The molecule has 1 fully saturated rings. The Kier molecular flexibility index (Phi) is 7.39. The molecule has 4 rings (SSSR count). The van der Waals surface area contributed by atoms with Crippen LogP contribution in [0.25, 0.3) is 10.6 Å². The van der Waals surface area contributed by atoms with E-state index >= 15 is 0 Å². The molecule has 1 aliphatic rings. The third kappa shape index (κ3) is 5.03. The predicted octanol–water partition coefficient (Wildman–Crippen LogP) is 2.60. The number of nitrogens with one attached hydrogen (secondary N) is 2. The van der Waals surface area contributed by atoms with Gasteiger partial charge in [-0.3, -0.25) is 9.48 Å². The predicted molar refractivity (Wildman–Crippen MR) is 128 cm³/mol. The zero-order valence-corrected chi connectivity index (χ0v) is 19.5. The maximum absolute atomic E-state index is 14.2. The fraction of sp³-hybridized carbons (Fsp3) is 0.409. The number of aromatic nitrogens is 3. The molecule has 1 aliphatic heterocycles. The molecule has 34 heavy (non-hydrogen) atoms. The summed E-state index contributed by atoms with van der Waals surface area (Å²) in [5.74, 6) is -1.37. The highest BCUT2D eigenvalue weighted by Gasteiger charge is 2.25. The van der Waals surface area contributed by atoms with Crippen LogP contribution in [0.5, 0.6) is 0 Å². The van der Waals surface area contributed by atoms with E-state index in [0.717, 1.165) is 61.6 Å². The Bertz CT molecular complexity index is 1150. The average molecular weight is 492 g/mol. The minimum atomic E-state index is -0.775. The normalized spacial score (nSPS) is 16.5. The first kappa shape index (κ1) is 24.0. The van der Waals surface area contributed by atoms with Gasteiger partial charge in [-0.05, 0) is 31.4 Å². The number of rotatable bonds is 7. The summed E-state index contributed by atoms with van der Waals surface area (Å²) in [6.07, 6.45) is 4.37. The summed E-state index contributed by atoms with van der Waals surface area (Å²) in [5, 5.41) is 19.6. The number of thiazole rings is 1. The number of aliphatic hydroxyl groups is 1. The monoisotopic (exact) mass is 491 g/mol. The van der Waals surface area contributed by atoms with E-state index in [-0.39, 0.29) is 27.9 Å². The lowest BCUT2D eigenvalue weighted by atomic mass is 10.1. The maximum atomic E-state index is 14.2. The molecule has 0 radical (unpaired) electrons. The lowest BCUT2D eigenvalue weighted by Crippen LogP contribution is -2.33. The van der Waals surface area contributed by atoms with E-state index in [4.69, 9.17) is 10.8 Å². The van der Waals surface area contributed by atoms with Crippen molar-refractivity contribution in [3.63, 3.8) is 0 Å². The first-order chi connectivity index (χ1) is 16.4. The number of carbonyl (C=O) groups excluding carboxylic acids is 1. The molecule has 3 aromatic rings. The first-order valence-electron chi connectivity index (χ1n) is 11.0. The molecule has 1 unspecified atom stereocenters. The van der Waals surface area contributed by atoms with E-state index < -0.39 is 17.5 Å².